The Morgan fingerprint density at radius 2 is 1.86 bits per heavy atom. The van der Waals surface area contributed by atoms with Crippen LogP contribution in [0.25, 0.3) is 0 Å². The average molecular weight is 197 g/mol. The Hall–Kier alpha value is -0.120. The summed E-state index contributed by atoms with van der Waals surface area (Å²) in [4.78, 5) is 5.15. The van der Waals surface area contributed by atoms with Crippen LogP contribution in [0.5, 0.6) is 0 Å². The number of nitrogens with two attached hydrogens (primary N) is 1. The molecule has 14 heavy (non-hydrogen) atoms. The Kier molecular flexibility index (Phi) is 3.79. The van der Waals surface area contributed by atoms with Gasteiger partial charge in [0.2, 0.25) is 0 Å². The van der Waals surface area contributed by atoms with E-state index in [1.54, 1.807) is 0 Å². The van der Waals surface area contributed by atoms with Crippen LogP contribution >= 0.6 is 0 Å². The quantitative estimate of drug-likeness (QED) is 0.706. The molecule has 2 aliphatic rings. The second-order valence-electron chi connectivity index (χ2n) is 4.75. The van der Waals surface area contributed by atoms with Crippen LogP contribution in [0.3, 0.4) is 0 Å². The maximum Gasteiger partial charge on any atom is 0.0105 e. The largest absolute Gasteiger partial charge is 0.329 e. The highest BCUT2D eigenvalue weighted by molar-refractivity contribution is 4.79. The minimum Gasteiger partial charge on any atom is -0.329 e. The van der Waals surface area contributed by atoms with Gasteiger partial charge in [-0.3, -0.25) is 0 Å². The van der Waals surface area contributed by atoms with Gasteiger partial charge in [0.1, 0.15) is 0 Å². The average Bonchev–Trinajstić information content (AvgIpc) is 2.79. The summed E-state index contributed by atoms with van der Waals surface area (Å²) in [6, 6.07) is 0. The van der Waals surface area contributed by atoms with Crippen molar-refractivity contribution < 1.29 is 0 Å². The van der Waals surface area contributed by atoms with Crippen molar-refractivity contribution in [1.82, 2.24) is 9.80 Å². The van der Waals surface area contributed by atoms with Gasteiger partial charge in [-0.1, -0.05) is 0 Å². The molecule has 0 spiro atoms. The molecule has 0 bridgehead atoms. The van der Waals surface area contributed by atoms with E-state index in [0.717, 1.165) is 19.0 Å². The zero-order valence-corrected chi connectivity index (χ0v) is 9.12. The third-order valence-corrected chi connectivity index (χ3v) is 3.53. The Balaban J connectivity index is 1.67. The first kappa shape index (κ1) is 10.4. The van der Waals surface area contributed by atoms with E-state index in [0.29, 0.717) is 0 Å². The lowest BCUT2D eigenvalue weighted by Crippen LogP contribution is -2.31. The van der Waals surface area contributed by atoms with E-state index in [1.165, 1.54) is 52.0 Å². The van der Waals surface area contributed by atoms with Crippen LogP contribution in [0.2, 0.25) is 0 Å². The molecule has 0 aromatic rings. The topological polar surface area (TPSA) is 32.5 Å². The molecule has 0 aliphatic carbocycles. The highest BCUT2D eigenvalue weighted by Crippen LogP contribution is 2.19. The lowest BCUT2D eigenvalue weighted by atomic mass is 10.1. The highest BCUT2D eigenvalue weighted by atomic mass is 15.2. The Bertz CT molecular complexity index is 166. The molecule has 82 valence electrons. The normalized spacial score (nSPS) is 30.2. The molecule has 0 radical (unpaired) electrons. The molecule has 3 heteroatoms. The van der Waals surface area contributed by atoms with Crippen LogP contribution in [0, 0.1) is 5.92 Å². The first-order chi connectivity index (χ1) is 6.88. The number of likely N-dealkylation sites (tertiary alicyclic amines) is 2. The summed E-state index contributed by atoms with van der Waals surface area (Å²) in [5.41, 5.74) is 5.57. The molecule has 2 aliphatic heterocycles. The van der Waals surface area contributed by atoms with E-state index in [2.05, 4.69) is 9.80 Å². The van der Waals surface area contributed by atoms with Crippen LogP contribution < -0.4 is 5.73 Å². The van der Waals surface area contributed by atoms with Crippen LogP contribution in [0.4, 0.5) is 0 Å². The number of nitrogens with zero attached hydrogens (tertiary/aromatic N) is 2. The van der Waals surface area contributed by atoms with Crippen molar-refractivity contribution in [2.75, 3.05) is 45.8 Å². The summed E-state index contributed by atoms with van der Waals surface area (Å²) < 4.78 is 0. The fraction of sp³-hybridized carbons (Fsp3) is 1.00. The minimum atomic E-state index is 0.816. The lowest BCUT2D eigenvalue weighted by molar-refractivity contribution is 0.266. The van der Waals surface area contributed by atoms with E-state index >= 15 is 0 Å². The molecular formula is C11H23N3. The third kappa shape index (κ3) is 2.69. The monoisotopic (exact) mass is 197 g/mol. The fourth-order valence-electron chi connectivity index (χ4n) is 2.78. The van der Waals surface area contributed by atoms with Crippen molar-refractivity contribution in [3.8, 4) is 0 Å². The molecule has 3 nitrogen and oxygen atoms in total. The third-order valence-electron chi connectivity index (χ3n) is 3.53. The molecule has 1 unspecified atom stereocenters. The highest BCUT2D eigenvalue weighted by Gasteiger charge is 2.24. The van der Waals surface area contributed by atoms with Gasteiger partial charge in [0, 0.05) is 26.2 Å². The van der Waals surface area contributed by atoms with Gasteiger partial charge in [-0.15, -0.1) is 0 Å². The van der Waals surface area contributed by atoms with Crippen LogP contribution in [-0.2, 0) is 0 Å². The van der Waals surface area contributed by atoms with Gasteiger partial charge in [-0.2, -0.15) is 0 Å². The predicted molar refractivity (Wildman–Crippen MR) is 59.3 cm³/mol. The van der Waals surface area contributed by atoms with Crippen molar-refractivity contribution in [2.24, 2.45) is 11.7 Å². The molecule has 0 aromatic heterocycles. The molecule has 1 atom stereocenters. The van der Waals surface area contributed by atoms with E-state index in [-0.39, 0.29) is 0 Å². The molecule has 2 saturated heterocycles. The molecule has 0 amide bonds. The zero-order chi connectivity index (χ0) is 9.80. The Morgan fingerprint density at radius 3 is 2.57 bits per heavy atom. The summed E-state index contributed by atoms with van der Waals surface area (Å²) in [5.74, 6) is 0.916. The van der Waals surface area contributed by atoms with E-state index in [9.17, 15) is 0 Å². The van der Waals surface area contributed by atoms with E-state index in [1.807, 2.05) is 0 Å². The van der Waals surface area contributed by atoms with Crippen molar-refractivity contribution in [2.45, 2.75) is 19.3 Å². The molecular weight excluding hydrogens is 174 g/mol. The van der Waals surface area contributed by atoms with Gasteiger partial charge in [-0.05, 0) is 44.8 Å². The number of hydrogen-bond donors (Lipinski definition) is 1. The van der Waals surface area contributed by atoms with Crippen LogP contribution in [0.1, 0.15) is 19.3 Å². The predicted octanol–water partition coefficient (Wildman–Crippen LogP) is 0.363. The van der Waals surface area contributed by atoms with Gasteiger partial charge >= 0.3 is 0 Å². The van der Waals surface area contributed by atoms with Gasteiger partial charge in [0.25, 0.3) is 0 Å². The first-order valence-electron chi connectivity index (χ1n) is 6.03. The zero-order valence-electron chi connectivity index (χ0n) is 9.12. The van der Waals surface area contributed by atoms with E-state index < -0.39 is 0 Å². The second-order valence-corrected chi connectivity index (χ2v) is 4.75. The van der Waals surface area contributed by atoms with Gasteiger partial charge in [0.05, 0.1) is 0 Å². The lowest BCUT2D eigenvalue weighted by Gasteiger charge is -2.20. The standard InChI is InChI=1S/C11H23N3/c12-4-8-14-7-3-11(10-14)9-13-5-1-2-6-13/h11H,1-10,12H2. The fourth-order valence-corrected chi connectivity index (χ4v) is 2.78. The summed E-state index contributed by atoms with van der Waals surface area (Å²) in [5, 5.41) is 0. The molecule has 0 saturated carbocycles. The van der Waals surface area contributed by atoms with Gasteiger partial charge in [0.15, 0.2) is 0 Å². The first-order valence-corrected chi connectivity index (χ1v) is 6.03. The summed E-state index contributed by atoms with van der Waals surface area (Å²) in [6.07, 6.45) is 4.22. The Labute approximate surface area is 87.2 Å². The van der Waals surface area contributed by atoms with Crippen LogP contribution in [0.15, 0.2) is 0 Å². The maximum absolute atomic E-state index is 5.57. The molecule has 2 N–H and O–H groups in total. The van der Waals surface area contributed by atoms with Crippen molar-refractivity contribution >= 4 is 0 Å². The van der Waals surface area contributed by atoms with Crippen molar-refractivity contribution in [3.63, 3.8) is 0 Å². The minimum absolute atomic E-state index is 0.816. The molecule has 2 fully saturated rings. The van der Waals surface area contributed by atoms with Crippen molar-refractivity contribution in [1.29, 1.82) is 0 Å². The smallest absolute Gasteiger partial charge is 0.0105 e. The molecule has 2 heterocycles. The summed E-state index contributed by atoms with van der Waals surface area (Å²) >= 11 is 0. The number of hydrogen-bond acceptors (Lipinski definition) is 3. The second kappa shape index (κ2) is 5.10. The van der Waals surface area contributed by atoms with Gasteiger partial charge < -0.3 is 15.5 Å². The van der Waals surface area contributed by atoms with E-state index in [4.69, 9.17) is 5.73 Å². The van der Waals surface area contributed by atoms with Crippen LogP contribution in [-0.4, -0.2) is 55.6 Å². The molecule has 0 aromatic carbocycles. The maximum atomic E-state index is 5.57. The Morgan fingerprint density at radius 1 is 1.07 bits per heavy atom. The van der Waals surface area contributed by atoms with Gasteiger partial charge in [-0.25, -0.2) is 0 Å². The number of rotatable bonds is 4. The summed E-state index contributed by atoms with van der Waals surface area (Å²) in [7, 11) is 0. The SMILES string of the molecule is NCCN1CCC(CN2CCCC2)C1. The van der Waals surface area contributed by atoms with Crippen molar-refractivity contribution in [3.05, 3.63) is 0 Å². The summed E-state index contributed by atoms with van der Waals surface area (Å²) in [6.45, 7) is 8.48. The molecule has 2 rings (SSSR count).